The summed E-state index contributed by atoms with van der Waals surface area (Å²) in [4.78, 5) is 0. The minimum Gasteiger partial charge on any atom is -0.0843 e. The molecule has 0 bridgehead atoms. The third-order valence-corrected chi connectivity index (χ3v) is 3.19. The fraction of sp³-hybridized carbons (Fsp3) is 0.200. The third-order valence-electron chi connectivity index (χ3n) is 2.75. The molecular formula is C15H14Cl2. The van der Waals surface area contributed by atoms with Gasteiger partial charge in [-0.1, -0.05) is 61.3 Å². The van der Waals surface area contributed by atoms with E-state index in [9.17, 15) is 0 Å². The van der Waals surface area contributed by atoms with E-state index in [4.69, 9.17) is 23.2 Å². The predicted octanol–water partition coefficient (Wildman–Crippen LogP) is 5.78. The Kier molecular flexibility index (Phi) is 3.76. The molecule has 0 fully saturated rings. The summed E-state index contributed by atoms with van der Waals surface area (Å²) in [6, 6.07) is 14.1. The van der Waals surface area contributed by atoms with Gasteiger partial charge in [0.25, 0.3) is 0 Å². The highest BCUT2D eigenvalue weighted by Gasteiger charge is 2.04. The maximum absolute atomic E-state index is 6.02. The molecule has 0 saturated carbocycles. The third kappa shape index (κ3) is 3.02. The molecule has 0 aliphatic rings. The van der Waals surface area contributed by atoms with Crippen molar-refractivity contribution in [3.8, 4) is 11.1 Å². The lowest BCUT2D eigenvalue weighted by molar-refractivity contribution is 0.867. The van der Waals surface area contributed by atoms with E-state index in [0.717, 1.165) is 11.1 Å². The molecule has 2 aromatic carbocycles. The summed E-state index contributed by atoms with van der Waals surface area (Å²) in [5.74, 6) is 0.518. The second kappa shape index (κ2) is 5.12. The molecule has 0 aliphatic carbocycles. The van der Waals surface area contributed by atoms with Gasteiger partial charge in [-0.2, -0.15) is 0 Å². The molecule has 0 aliphatic heterocycles. The second-order valence-electron chi connectivity index (χ2n) is 4.44. The van der Waals surface area contributed by atoms with E-state index in [0.29, 0.717) is 16.0 Å². The quantitative estimate of drug-likeness (QED) is 0.645. The summed E-state index contributed by atoms with van der Waals surface area (Å²) in [5, 5.41) is 1.34. The predicted molar refractivity (Wildman–Crippen MR) is 76.0 cm³/mol. The normalized spacial score (nSPS) is 10.9. The smallest absolute Gasteiger partial charge is 0.0426 e. The minimum absolute atomic E-state index is 0.518. The van der Waals surface area contributed by atoms with Crippen molar-refractivity contribution in [2.45, 2.75) is 19.8 Å². The highest BCUT2D eigenvalue weighted by Crippen LogP contribution is 2.29. The molecule has 17 heavy (non-hydrogen) atoms. The first kappa shape index (κ1) is 12.5. The molecule has 88 valence electrons. The molecule has 0 radical (unpaired) electrons. The highest BCUT2D eigenvalue weighted by molar-refractivity contribution is 6.35. The average molecular weight is 265 g/mol. The van der Waals surface area contributed by atoms with Crippen LogP contribution < -0.4 is 0 Å². The molecule has 0 atom stereocenters. The summed E-state index contributed by atoms with van der Waals surface area (Å²) in [7, 11) is 0. The van der Waals surface area contributed by atoms with Gasteiger partial charge in [0.2, 0.25) is 0 Å². The molecule has 0 aromatic heterocycles. The van der Waals surface area contributed by atoms with Gasteiger partial charge in [-0.25, -0.2) is 0 Å². The van der Waals surface area contributed by atoms with Gasteiger partial charge in [0, 0.05) is 10.0 Å². The van der Waals surface area contributed by atoms with Crippen LogP contribution in [0.25, 0.3) is 11.1 Å². The van der Waals surface area contributed by atoms with E-state index in [-0.39, 0.29) is 0 Å². The van der Waals surface area contributed by atoms with E-state index < -0.39 is 0 Å². The van der Waals surface area contributed by atoms with E-state index in [2.05, 4.69) is 38.1 Å². The zero-order valence-corrected chi connectivity index (χ0v) is 11.4. The van der Waals surface area contributed by atoms with Crippen molar-refractivity contribution in [1.82, 2.24) is 0 Å². The van der Waals surface area contributed by atoms with Crippen LogP contribution in [0.1, 0.15) is 25.3 Å². The Morgan fingerprint density at radius 2 is 1.47 bits per heavy atom. The molecule has 0 N–H and O–H groups in total. The van der Waals surface area contributed by atoms with Crippen LogP contribution in [0.2, 0.25) is 10.0 Å². The number of hydrogen-bond donors (Lipinski definition) is 0. The van der Waals surface area contributed by atoms with Crippen LogP contribution in [-0.2, 0) is 0 Å². The lowest BCUT2D eigenvalue weighted by atomic mass is 9.97. The number of halogens is 2. The SMILES string of the molecule is CC(C)c1cccc(-c2cc(Cl)cc(Cl)c2)c1. The van der Waals surface area contributed by atoms with Crippen LogP contribution in [0.15, 0.2) is 42.5 Å². The maximum atomic E-state index is 6.02. The largest absolute Gasteiger partial charge is 0.0843 e. The van der Waals surface area contributed by atoms with Crippen LogP contribution in [-0.4, -0.2) is 0 Å². The van der Waals surface area contributed by atoms with Gasteiger partial charge in [-0.15, -0.1) is 0 Å². The summed E-state index contributed by atoms with van der Waals surface area (Å²) in [6.45, 7) is 4.37. The van der Waals surface area contributed by atoms with Crippen LogP contribution in [0, 0.1) is 0 Å². The fourth-order valence-electron chi connectivity index (χ4n) is 1.80. The average Bonchev–Trinajstić information content (AvgIpc) is 2.28. The van der Waals surface area contributed by atoms with E-state index >= 15 is 0 Å². The second-order valence-corrected chi connectivity index (χ2v) is 5.31. The molecule has 0 heterocycles. The van der Waals surface area contributed by atoms with Crippen LogP contribution in [0.4, 0.5) is 0 Å². The number of hydrogen-bond acceptors (Lipinski definition) is 0. The van der Waals surface area contributed by atoms with Gasteiger partial charge in [-0.05, 0) is 40.8 Å². The van der Waals surface area contributed by atoms with Crippen molar-refractivity contribution in [2.24, 2.45) is 0 Å². The molecular weight excluding hydrogens is 251 g/mol. The summed E-state index contributed by atoms with van der Waals surface area (Å²) >= 11 is 12.0. The first-order valence-electron chi connectivity index (χ1n) is 5.62. The van der Waals surface area contributed by atoms with Crippen molar-refractivity contribution in [2.75, 3.05) is 0 Å². The van der Waals surface area contributed by atoms with Crippen molar-refractivity contribution in [1.29, 1.82) is 0 Å². The lowest BCUT2D eigenvalue weighted by Gasteiger charge is -2.09. The molecule has 2 rings (SSSR count). The van der Waals surface area contributed by atoms with Crippen LogP contribution in [0.5, 0.6) is 0 Å². The molecule has 0 unspecified atom stereocenters. The van der Waals surface area contributed by atoms with Crippen molar-refractivity contribution in [3.05, 3.63) is 58.1 Å². The number of benzene rings is 2. The van der Waals surface area contributed by atoms with Crippen molar-refractivity contribution >= 4 is 23.2 Å². The Bertz CT molecular complexity index is 510. The Morgan fingerprint density at radius 3 is 2.06 bits per heavy atom. The Hall–Kier alpha value is -0.980. The monoisotopic (exact) mass is 264 g/mol. The van der Waals surface area contributed by atoms with Gasteiger partial charge in [0.05, 0.1) is 0 Å². The van der Waals surface area contributed by atoms with Gasteiger partial charge in [-0.3, -0.25) is 0 Å². The van der Waals surface area contributed by atoms with Gasteiger partial charge in [0.15, 0.2) is 0 Å². The van der Waals surface area contributed by atoms with E-state index in [1.54, 1.807) is 6.07 Å². The highest BCUT2D eigenvalue weighted by atomic mass is 35.5. The van der Waals surface area contributed by atoms with Crippen molar-refractivity contribution in [3.63, 3.8) is 0 Å². The first-order valence-corrected chi connectivity index (χ1v) is 6.38. The summed E-state index contributed by atoms with van der Waals surface area (Å²) in [5.41, 5.74) is 3.53. The van der Waals surface area contributed by atoms with E-state index in [1.165, 1.54) is 5.56 Å². The van der Waals surface area contributed by atoms with Crippen LogP contribution >= 0.6 is 23.2 Å². The molecule has 0 nitrogen and oxygen atoms in total. The van der Waals surface area contributed by atoms with Crippen LogP contribution in [0.3, 0.4) is 0 Å². The van der Waals surface area contributed by atoms with Crippen molar-refractivity contribution < 1.29 is 0 Å². The minimum atomic E-state index is 0.518. The van der Waals surface area contributed by atoms with Gasteiger partial charge < -0.3 is 0 Å². The van der Waals surface area contributed by atoms with Gasteiger partial charge in [0.1, 0.15) is 0 Å². The topological polar surface area (TPSA) is 0 Å². The molecule has 2 heteroatoms. The van der Waals surface area contributed by atoms with Gasteiger partial charge >= 0.3 is 0 Å². The zero-order valence-electron chi connectivity index (χ0n) is 9.87. The first-order chi connectivity index (χ1) is 8.06. The summed E-state index contributed by atoms with van der Waals surface area (Å²) in [6.07, 6.45) is 0. The Balaban J connectivity index is 2.49. The molecule has 2 aromatic rings. The number of rotatable bonds is 2. The molecule has 0 amide bonds. The fourth-order valence-corrected chi connectivity index (χ4v) is 2.32. The summed E-state index contributed by atoms with van der Waals surface area (Å²) < 4.78 is 0. The molecule has 0 spiro atoms. The maximum Gasteiger partial charge on any atom is 0.0426 e. The standard InChI is InChI=1S/C15H14Cl2/c1-10(2)11-4-3-5-12(6-11)13-7-14(16)9-15(17)8-13/h3-10H,1-2H3. The van der Waals surface area contributed by atoms with E-state index in [1.807, 2.05) is 12.1 Å². The zero-order chi connectivity index (χ0) is 12.4. The molecule has 0 saturated heterocycles. The Labute approximate surface area is 112 Å². The Morgan fingerprint density at radius 1 is 0.824 bits per heavy atom. The lowest BCUT2D eigenvalue weighted by Crippen LogP contribution is -1.87.